The van der Waals surface area contributed by atoms with Gasteiger partial charge in [-0.05, 0) is 31.6 Å². The predicted molar refractivity (Wildman–Crippen MR) is 75.8 cm³/mol. The minimum absolute atomic E-state index is 0.117. The third kappa shape index (κ3) is 3.40. The van der Waals surface area contributed by atoms with Crippen LogP contribution in [0.15, 0.2) is 0 Å². The highest BCUT2D eigenvalue weighted by molar-refractivity contribution is 6.18. The summed E-state index contributed by atoms with van der Waals surface area (Å²) in [5, 5.41) is 3.31. The van der Waals surface area contributed by atoms with E-state index >= 15 is 0 Å². The molecule has 3 heteroatoms. The summed E-state index contributed by atoms with van der Waals surface area (Å²) in [5.41, 5.74) is -0.117. The first-order valence-electron chi connectivity index (χ1n) is 7.53. The van der Waals surface area contributed by atoms with Crippen molar-refractivity contribution in [3.05, 3.63) is 0 Å². The van der Waals surface area contributed by atoms with E-state index in [0.29, 0.717) is 11.8 Å². The Bertz CT molecular complexity index is 288. The molecule has 0 spiro atoms. The molecule has 0 radical (unpaired) electrons. The fraction of sp³-hybridized carbons (Fsp3) is 0.933. The van der Waals surface area contributed by atoms with Crippen LogP contribution in [-0.2, 0) is 4.79 Å². The molecule has 1 N–H and O–H groups in total. The maximum Gasteiger partial charge on any atom is 0.223 e. The van der Waals surface area contributed by atoms with Crippen LogP contribution in [0, 0.1) is 11.8 Å². The molecule has 0 bridgehead atoms. The standard InChI is InChI=1S/C15H26ClNO/c1-12-6-5-9-15(10-12,11-16)17-14(18)13-7-3-2-4-8-13/h12-13H,2-11H2,1H3,(H,17,18). The molecule has 2 rings (SSSR count). The maximum absolute atomic E-state index is 12.4. The molecule has 2 unspecified atom stereocenters. The van der Waals surface area contributed by atoms with Crippen LogP contribution in [0.2, 0.25) is 0 Å². The monoisotopic (exact) mass is 271 g/mol. The quantitative estimate of drug-likeness (QED) is 0.776. The number of hydrogen-bond acceptors (Lipinski definition) is 1. The highest BCUT2D eigenvalue weighted by atomic mass is 35.5. The Hall–Kier alpha value is -0.240. The van der Waals surface area contributed by atoms with Crippen LogP contribution in [0.5, 0.6) is 0 Å². The molecule has 0 heterocycles. The lowest BCUT2D eigenvalue weighted by Gasteiger charge is -2.40. The molecular weight excluding hydrogens is 246 g/mol. The molecule has 0 saturated heterocycles. The Labute approximate surface area is 116 Å². The van der Waals surface area contributed by atoms with Gasteiger partial charge < -0.3 is 5.32 Å². The molecule has 0 aromatic carbocycles. The lowest BCUT2D eigenvalue weighted by molar-refractivity contribution is -0.128. The van der Waals surface area contributed by atoms with Gasteiger partial charge in [0.15, 0.2) is 0 Å². The number of halogens is 1. The summed E-state index contributed by atoms with van der Waals surface area (Å²) in [4.78, 5) is 12.4. The van der Waals surface area contributed by atoms with Gasteiger partial charge in [-0.2, -0.15) is 0 Å². The van der Waals surface area contributed by atoms with Gasteiger partial charge in [0.2, 0.25) is 5.91 Å². The number of hydrogen-bond donors (Lipinski definition) is 1. The summed E-state index contributed by atoms with van der Waals surface area (Å²) in [6, 6.07) is 0. The second kappa shape index (κ2) is 6.27. The van der Waals surface area contributed by atoms with E-state index in [1.54, 1.807) is 0 Å². The summed E-state index contributed by atoms with van der Waals surface area (Å²) < 4.78 is 0. The largest absolute Gasteiger partial charge is 0.349 e. The summed E-state index contributed by atoms with van der Waals surface area (Å²) in [7, 11) is 0. The van der Waals surface area contributed by atoms with E-state index in [1.165, 1.54) is 32.1 Å². The number of amides is 1. The predicted octanol–water partition coefficient (Wildman–Crippen LogP) is 3.87. The first-order valence-corrected chi connectivity index (χ1v) is 8.07. The molecule has 18 heavy (non-hydrogen) atoms. The molecule has 1 amide bonds. The molecule has 2 atom stereocenters. The fourth-order valence-electron chi connectivity index (χ4n) is 3.66. The van der Waals surface area contributed by atoms with Gasteiger partial charge in [0, 0.05) is 11.8 Å². The van der Waals surface area contributed by atoms with Crippen molar-refractivity contribution < 1.29 is 4.79 Å². The average Bonchev–Trinajstić information content (AvgIpc) is 2.39. The highest BCUT2D eigenvalue weighted by Crippen LogP contribution is 2.34. The van der Waals surface area contributed by atoms with Crippen molar-refractivity contribution in [1.29, 1.82) is 0 Å². The maximum atomic E-state index is 12.4. The van der Waals surface area contributed by atoms with Crippen molar-refractivity contribution in [3.8, 4) is 0 Å². The Balaban J connectivity index is 1.94. The van der Waals surface area contributed by atoms with Crippen LogP contribution in [0.25, 0.3) is 0 Å². The average molecular weight is 272 g/mol. The van der Waals surface area contributed by atoms with Crippen molar-refractivity contribution >= 4 is 17.5 Å². The first kappa shape index (κ1) is 14.2. The molecule has 2 aliphatic rings. The van der Waals surface area contributed by atoms with Gasteiger partial charge in [-0.15, -0.1) is 11.6 Å². The number of carbonyl (C=O) groups is 1. The number of nitrogens with one attached hydrogen (secondary N) is 1. The van der Waals surface area contributed by atoms with Crippen molar-refractivity contribution in [2.24, 2.45) is 11.8 Å². The van der Waals surface area contributed by atoms with Crippen molar-refractivity contribution in [3.63, 3.8) is 0 Å². The fourth-order valence-corrected chi connectivity index (χ4v) is 3.97. The first-order chi connectivity index (χ1) is 8.65. The minimum atomic E-state index is -0.117. The van der Waals surface area contributed by atoms with Gasteiger partial charge in [0.25, 0.3) is 0 Å². The summed E-state index contributed by atoms with van der Waals surface area (Å²) in [6.45, 7) is 2.27. The molecule has 2 aliphatic carbocycles. The highest BCUT2D eigenvalue weighted by Gasteiger charge is 2.37. The molecule has 2 fully saturated rings. The SMILES string of the molecule is CC1CCCC(CCl)(NC(=O)C2CCCCC2)C1. The Morgan fingerprint density at radius 3 is 2.56 bits per heavy atom. The van der Waals surface area contributed by atoms with Gasteiger partial charge in [-0.3, -0.25) is 4.79 Å². The van der Waals surface area contributed by atoms with E-state index < -0.39 is 0 Å². The molecule has 2 saturated carbocycles. The number of alkyl halides is 1. The third-order valence-corrected chi connectivity index (χ3v) is 5.22. The second-order valence-corrected chi connectivity index (χ2v) is 6.71. The van der Waals surface area contributed by atoms with Crippen LogP contribution in [0.1, 0.15) is 64.7 Å². The van der Waals surface area contributed by atoms with Crippen molar-refractivity contribution in [1.82, 2.24) is 5.32 Å². The molecule has 0 aromatic heterocycles. The van der Waals surface area contributed by atoms with E-state index in [1.807, 2.05) is 0 Å². The zero-order chi connectivity index (χ0) is 13.0. The van der Waals surface area contributed by atoms with Crippen LogP contribution in [0.4, 0.5) is 0 Å². The van der Waals surface area contributed by atoms with Gasteiger partial charge in [-0.25, -0.2) is 0 Å². The van der Waals surface area contributed by atoms with E-state index in [0.717, 1.165) is 25.7 Å². The smallest absolute Gasteiger partial charge is 0.223 e. The van der Waals surface area contributed by atoms with Gasteiger partial charge in [0.05, 0.1) is 5.54 Å². The number of carbonyl (C=O) groups excluding carboxylic acids is 1. The second-order valence-electron chi connectivity index (χ2n) is 6.44. The molecule has 104 valence electrons. The molecule has 0 aromatic rings. The van der Waals surface area contributed by atoms with Crippen LogP contribution in [-0.4, -0.2) is 17.3 Å². The third-order valence-electron chi connectivity index (χ3n) is 4.71. The van der Waals surface area contributed by atoms with Crippen molar-refractivity contribution in [2.45, 2.75) is 70.3 Å². The van der Waals surface area contributed by atoms with Crippen molar-refractivity contribution in [2.75, 3.05) is 5.88 Å². The van der Waals surface area contributed by atoms with E-state index in [9.17, 15) is 4.79 Å². The molecular formula is C15H26ClNO. The van der Waals surface area contributed by atoms with E-state index in [-0.39, 0.29) is 17.4 Å². The summed E-state index contributed by atoms with van der Waals surface area (Å²) in [5.74, 6) is 1.76. The zero-order valence-corrected chi connectivity index (χ0v) is 12.3. The Morgan fingerprint density at radius 2 is 1.94 bits per heavy atom. The summed E-state index contributed by atoms with van der Waals surface area (Å²) >= 11 is 6.17. The molecule has 2 nitrogen and oxygen atoms in total. The van der Waals surface area contributed by atoms with Crippen LogP contribution >= 0.6 is 11.6 Å². The zero-order valence-electron chi connectivity index (χ0n) is 11.5. The lowest BCUT2D eigenvalue weighted by atomic mass is 9.77. The lowest BCUT2D eigenvalue weighted by Crippen LogP contribution is -2.54. The van der Waals surface area contributed by atoms with Crippen LogP contribution in [0.3, 0.4) is 0 Å². The summed E-state index contributed by atoms with van der Waals surface area (Å²) in [6.07, 6.45) is 10.4. The topological polar surface area (TPSA) is 29.1 Å². The normalized spacial score (nSPS) is 34.2. The minimum Gasteiger partial charge on any atom is -0.349 e. The van der Waals surface area contributed by atoms with Gasteiger partial charge in [0.1, 0.15) is 0 Å². The Morgan fingerprint density at radius 1 is 1.22 bits per heavy atom. The van der Waals surface area contributed by atoms with Gasteiger partial charge >= 0.3 is 0 Å². The Kier molecular flexibility index (Phi) is 4.94. The van der Waals surface area contributed by atoms with Gasteiger partial charge in [-0.1, -0.05) is 39.0 Å². The molecule has 0 aliphatic heterocycles. The van der Waals surface area contributed by atoms with E-state index in [2.05, 4.69) is 12.2 Å². The number of rotatable bonds is 3. The van der Waals surface area contributed by atoms with Crippen LogP contribution < -0.4 is 5.32 Å². The van der Waals surface area contributed by atoms with E-state index in [4.69, 9.17) is 11.6 Å².